The normalized spacial score (nSPS) is 23.1. The molecule has 2 heterocycles. The van der Waals surface area contributed by atoms with Gasteiger partial charge in [0.15, 0.2) is 5.96 Å². The zero-order valence-corrected chi connectivity index (χ0v) is 20.4. The fraction of sp³-hybridized carbons (Fsp3) is 0.941. The number of aliphatic imine (C=N–C) groups is 1. The molecule has 1 atom stereocenters. The van der Waals surface area contributed by atoms with E-state index in [1.807, 2.05) is 7.05 Å². The zero-order chi connectivity index (χ0) is 20.9. The van der Waals surface area contributed by atoms with Crippen LogP contribution in [0.4, 0.5) is 13.2 Å². The van der Waals surface area contributed by atoms with Crippen LogP contribution < -0.4 is 5.32 Å². The van der Waals surface area contributed by atoms with Crippen LogP contribution in [0.3, 0.4) is 0 Å². The molecule has 2 aliphatic heterocycles. The van der Waals surface area contributed by atoms with Crippen LogP contribution in [-0.2, 0) is 10.0 Å². The lowest BCUT2D eigenvalue weighted by atomic mass is 9.98. The standard InChI is InChI=1S/C17H32F3N5O2S.HI/c1-4-24-9-5-6-15(24)13-23(3)16(21-2)22-12-14-7-10-25(11-8-14)28(26,27)17(18,19)20;/h14-15H,4-13H2,1-3H3,(H,21,22);1H. The van der Waals surface area contributed by atoms with E-state index in [9.17, 15) is 21.6 Å². The van der Waals surface area contributed by atoms with Gasteiger partial charge in [-0.15, -0.1) is 24.0 Å². The quantitative estimate of drug-likeness (QED) is 0.309. The number of sulfonamides is 1. The number of halogens is 4. The van der Waals surface area contributed by atoms with Crippen LogP contribution in [0.25, 0.3) is 0 Å². The van der Waals surface area contributed by atoms with Gasteiger partial charge in [-0.2, -0.15) is 17.5 Å². The zero-order valence-electron chi connectivity index (χ0n) is 17.3. The summed E-state index contributed by atoms with van der Waals surface area (Å²) in [7, 11) is -1.52. The molecule has 0 spiro atoms. The lowest BCUT2D eigenvalue weighted by Gasteiger charge is -2.33. The highest BCUT2D eigenvalue weighted by molar-refractivity contribution is 14.0. The second-order valence-electron chi connectivity index (χ2n) is 7.53. The van der Waals surface area contributed by atoms with E-state index < -0.39 is 15.5 Å². The number of rotatable bonds is 6. The first-order valence-corrected chi connectivity index (χ1v) is 11.3. The van der Waals surface area contributed by atoms with Crippen molar-refractivity contribution in [1.29, 1.82) is 0 Å². The summed E-state index contributed by atoms with van der Waals surface area (Å²) in [5.74, 6) is 0.872. The molecule has 1 N–H and O–H groups in total. The van der Waals surface area contributed by atoms with Gasteiger partial charge in [-0.1, -0.05) is 6.92 Å². The highest BCUT2D eigenvalue weighted by atomic mass is 127. The van der Waals surface area contributed by atoms with Crippen LogP contribution in [0.5, 0.6) is 0 Å². The molecule has 0 aromatic rings. The van der Waals surface area contributed by atoms with Gasteiger partial charge in [0.25, 0.3) is 0 Å². The molecule has 1 unspecified atom stereocenters. The van der Waals surface area contributed by atoms with E-state index in [-0.39, 0.29) is 43.0 Å². The Morgan fingerprint density at radius 1 is 1.21 bits per heavy atom. The van der Waals surface area contributed by atoms with Gasteiger partial charge in [0.2, 0.25) is 0 Å². The SMILES string of the molecule is CCN1CCCC1CN(C)C(=NC)NCC1CCN(S(=O)(=O)C(F)(F)F)CC1.I. The number of guanidine groups is 1. The number of piperidine rings is 1. The highest BCUT2D eigenvalue weighted by Gasteiger charge is 2.50. The van der Waals surface area contributed by atoms with Crippen molar-refractivity contribution in [1.82, 2.24) is 19.4 Å². The van der Waals surface area contributed by atoms with Crippen molar-refractivity contribution in [2.75, 3.05) is 53.4 Å². The minimum absolute atomic E-state index is 0. The average Bonchev–Trinajstić information content (AvgIpc) is 3.08. The van der Waals surface area contributed by atoms with Crippen molar-refractivity contribution in [2.45, 2.75) is 44.2 Å². The lowest BCUT2D eigenvalue weighted by molar-refractivity contribution is -0.0496. The van der Waals surface area contributed by atoms with Crippen molar-refractivity contribution in [3.8, 4) is 0 Å². The summed E-state index contributed by atoms with van der Waals surface area (Å²) in [5, 5.41) is 3.30. The van der Waals surface area contributed by atoms with E-state index in [1.165, 1.54) is 12.8 Å². The molecule has 0 radical (unpaired) electrons. The molecule has 2 aliphatic rings. The maximum Gasteiger partial charge on any atom is 0.511 e. The van der Waals surface area contributed by atoms with Crippen LogP contribution in [0.15, 0.2) is 4.99 Å². The molecule has 0 aromatic heterocycles. The van der Waals surface area contributed by atoms with E-state index in [0.29, 0.717) is 29.7 Å². The van der Waals surface area contributed by atoms with E-state index in [4.69, 9.17) is 0 Å². The Bertz CT molecular complexity index is 639. The van der Waals surface area contributed by atoms with Gasteiger partial charge in [-0.05, 0) is 44.7 Å². The predicted molar refractivity (Wildman–Crippen MR) is 119 cm³/mol. The smallest absolute Gasteiger partial charge is 0.356 e. The monoisotopic (exact) mass is 555 g/mol. The third-order valence-corrected chi connectivity index (χ3v) is 7.35. The van der Waals surface area contributed by atoms with Gasteiger partial charge in [-0.25, -0.2) is 8.42 Å². The van der Waals surface area contributed by atoms with Crippen LogP contribution >= 0.6 is 24.0 Å². The Morgan fingerprint density at radius 2 is 1.83 bits per heavy atom. The van der Waals surface area contributed by atoms with Crippen LogP contribution in [0.1, 0.15) is 32.6 Å². The first-order chi connectivity index (χ1) is 13.1. The van der Waals surface area contributed by atoms with E-state index in [1.54, 1.807) is 7.05 Å². The molecule has 0 aliphatic carbocycles. The van der Waals surface area contributed by atoms with Crippen LogP contribution in [0.2, 0.25) is 0 Å². The summed E-state index contributed by atoms with van der Waals surface area (Å²) in [6.45, 7) is 5.56. The molecule has 172 valence electrons. The molecule has 2 rings (SSSR count). The Balaban J connectivity index is 0.00000420. The lowest BCUT2D eigenvalue weighted by Crippen LogP contribution is -2.49. The number of alkyl halides is 3. The highest BCUT2D eigenvalue weighted by Crippen LogP contribution is 2.30. The summed E-state index contributed by atoms with van der Waals surface area (Å²) < 4.78 is 61.5. The molecule has 12 heteroatoms. The predicted octanol–water partition coefficient (Wildman–Crippen LogP) is 2.16. The number of likely N-dealkylation sites (tertiary alicyclic amines) is 1. The van der Waals surface area contributed by atoms with E-state index in [0.717, 1.165) is 25.6 Å². The molecule has 0 bridgehead atoms. The van der Waals surface area contributed by atoms with Gasteiger partial charge < -0.3 is 10.2 Å². The van der Waals surface area contributed by atoms with Crippen molar-refractivity contribution in [2.24, 2.45) is 10.9 Å². The Kier molecular flexibility index (Phi) is 10.4. The second kappa shape index (κ2) is 11.3. The number of likely N-dealkylation sites (N-methyl/N-ethyl adjacent to an activating group) is 2. The summed E-state index contributed by atoms with van der Waals surface area (Å²) in [4.78, 5) is 8.85. The fourth-order valence-electron chi connectivity index (χ4n) is 4.04. The molecular formula is C17H33F3IN5O2S. The first-order valence-electron chi connectivity index (χ1n) is 9.82. The molecular weight excluding hydrogens is 522 g/mol. The van der Waals surface area contributed by atoms with Gasteiger partial charge in [0.1, 0.15) is 0 Å². The molecule has 2 fully saturated rings. The minimum Gasteiger partial charge on any atom is -0.356 e. The Morgan fingerprint density at radius 3 is 2.34 bits per heavy atom. The number of hydrogen-bond acceptors (Lipinski definition) is 4. The Labute approximate surface area is 189 Å². The summed E-state index contributed by atoms with van der Waals surface area (Å²) in [6.07, 6.45) is 3.17. The molecule has 2 saturated heterocycles. The fourth-order valence-corrected chi connectivity index (χ4v) is 5.03. The topological polar surface area (TPSA) is 68.2 Å². The second-order valence-corrected chi connectivity index (χ2v) is 9.46. The maximum atomic E-state index is 12.7. The first kappa shape index (κ1) is 26.7. The molecule has 29 heavy (non-hydrogen) atoms. The van der Waals surface area contributed by atoms with Gasteiger partial charge in [0, 0.05) is 46.3 Å². The van der Waals surface area contributed by atoms with Gasteiger partial charge in [-0.3, -0.25) is 9.89 Å². The number of hydrogen-bond donors (Lipinski definition) is 1. The van der Waals surface area contributed by atoms with Crippen molar-refractivity contribution in [3.05, 3.63) is 0 Å². The van der Waals surface area contributed by atoms with Crippen LogP contribution in [0, 0.1) is 5.92 Å². The number of nitrogens with one attached hydrogen (secondary N) is 1. The molecule has 7 nitrogen and oxygen atoms in total. The van der Waals surface area contributed by atoms with E-state index >= 15 is 0 Å². The molecule has 0 aromatic carbocycles. The van der Waals surface area contributed by atoms with Gasteiger partial charge in [0.05, 0.1) is 0 Å². The molecule has 0 saturated carbocycles. The van der Waals surface area contributed by atoms with Crippen molar-refractivity contribution >= 4 is 40.0 Å². The summed E-state index contributed by atoms with van der Waals surface area (Å²) in [5.41, 5.74) is -5.23. The Hall–Kier alpha value is -0.340. The molecule has 0 amide bonds. The largest absolute Gasteiger partial charge is 0.511 e. The third-order valence-electron chi connectivity index (χ3n) is 5.72. The summed E-state index contributed by atoms with van der Waals surface area (Å²) in [6, 6.07) is 0.504. The van der Waals surface area contributed by atoms with Crippen LogP contribution in [-0.4, -0.2) is 93.4 Å². The van der Waals surface area contributed by atoms with Gasteiger partial charge >= 0.3 is 15.5 Å². The minimum atomic E-state index is -5.23. The van der Waals surface area contributed by atoms with E-state index in [2.05, 4.69) is 27.0 Å². The summed E-state index contributed by atoms with van der Waals surface area (Å²) >= 11 is 0. The van der Waals surface area contributed by atoms with Crippen molar-refractivity contribution < 1.29 is 21.6 Å². The van der Waals surface area contributed by atoms with Crippen molar-refractivity contribution in [3.63, 3.8) is 0 Å². The average molecular weight is 555 g/mol. The third kappa shape index (κ3) is 6.82. The number of nitrogens with zero attached hydrogens (tertiary/aromatic N) is 4. The maximum absolute atomic E-state index is 12.7.